The number of likely N-dealkylation sites (N-methyl/N-ethyl adjacent to an activating group) is 1. The van der Waals surface area contributed by atoms with Gasteiger partial charge in [0.05, 0.1) is 19.3 Å². The van der Waals surface area contributed by atoms with E-state index in [-0.39, 0.29) is 24.0 Å². The van der Waals surface area contributed by atoms with E-state index in [2.05, 4.69) is 46.5 Å². The minimum atomic E-state index is 0. The van der Waals surface area contributed by atoms with Gasteiger partial charge < -0.3 is 19.7 Å². The van der Waals surface area contributed by atoms with E-state index < -0.39 is 0 Å². The molecule has 128 valence electrons. The molecule has 2 aliphatic heterocycles. The van der Waals surface area contributed by atoms with Crippen LogP contribution in [0.15, 0.2) is 29.3 Å². The van der Waals surface area contributed by atoms with Gasteiger partial charge in [0.25, 0.3) is 0 Å². The summed E-state index contributed by atoms with van der Waals surface area (Å²) in [6, 6.07) is 8.57. The first-order valence-electron chi connectivity index (χ1n) is 8.08. The molecule has 1 aromatic rings. The maximum atomic E-state index is 5.99. The first-order valence-corrected chi connectivity index (χ1v) is 8.08. The van der Waals surface area contributed by atoms with Gasteiger partial charge in [-0.25, -0.2) is 0 Å². The normalized spacial score (nSPS) is 18.5. The summed E-state index contributed by atoms with van der Waals surface area (Å²) < 4.78 is 11.3. The Morgan fingerprint density at radius 1 is 1.30 bits per heavy atom. The van der Waals surface area contributed by atoms with E-state index in [0.717, 1.165) is 51.6 Å². The molecule has 0 amide bonds. The van der Waals surface area contributed by atoms with Crippen LogP contribution in [-0.4, -0.2) is 50.3 Å². The van der Waals surface area contributed by atoms with Gasteiger partial charge >= 0.3 is 0 Å². The number of nitrogens with one attached hydrogen (secondary N) is 1. The van der Waals surface area contributed by atoms with Crippen LogP contribution in [0.3, 0.4) is 0 Å². The van der Waals surface area contributed by atoms with Crippen molar-refractivity contribution in [3.63, 3.8) is 0 Å². The molecule has 2 heterocycles. The highest BCUT2D eigenvalue weighted by atomic mass is 127. The largest absolute Gasteiger partial charge is 0.381 e. The molecular weight excluding hydrogens is 405 g/mol. The second kappa shape index (κ2) is 9.44. The molecule has 0 atom stereocenters. The molecule has 0 bridgehead atoms. The third kappa shape index (κ3) is 5.61. The molecule has 1 fully saturated rings. The van der Waals surface area contributed by atoms with E-state index in [9.17, 15) is 0 Å². The van der Waals surface area contributed by atoms with Crippen LogP contribution in [0, 0.1) is 0 Å². The van der Waals surface area contributed by atoms with Crippen LogP contribution in [0.1, 0.15) is 24.0 Å². The Hall–Kier alpha value is -0.860. The van der Waals surface area contributed by atoms with Gasteiger partial charge in [0.15, 0.2) is 5.96 Å². The third-order valence-electron chi connectivity index (χ3n) is 4.15. The van der Waals surface area contributed by atoms with Crippen LogP contribution in [-0.2, 0) is 22.6 Å². The average Bonchev–Trinajstić information content (AvgIpc) is 2.98. The van der Waals surface area contributed by atoms with Gasteiger partial charge in [0, 0.05) is 33.4 Å². The topological polar surface area (TPSA) is 46.1 Å². The fourth-order valence-electron chi connectivity index (χ4n) is 2.79. The Kier molecular flexibility index (Phi) is 7.58. The first kappa shape index (κ1) is 18.5. The van der Waals surface area contributed by atoms with Crippen molar-refractivity contribution in [3.05, 3.63) is 35.4 Å². The highest BCUT2D eigenvalue weighted by molar-refractivity contribution is 14.0. The summed E-state index contributed by atoms with van der Waals surface area (Å²) >= 11 is 0. The predicted molar refractivity (Wildman–Crippen MR) is 102 cm³/mol. The lowest BCUT2D eigenvalue weighted by molar-refractivity contribution is -0.0390. The number of hydrogen-bond acceptors (Lipinski definition) is 5. The van der Waals surface area contributed by atoms with Crippen molar-refractivity contribution in [3.8, 4) is 0 Å². The Labute approximate surface area is 155 Å². The molecule has 2 aliphatic rings. The molecular formula is C17H26IN3O2. The summed E-state index contributed by atoms with van der Waals surface area (Å²) in [4.78, 5) is 6.60. The number of aliphatic imine (C=N–C) groups is 1. The molecule has 3 rings (SSSR count). The van der Waals surface area contributed by atoms with Crippen LogP contribution < -0.4 is 5.32 Å². The molecule has 0 aliphatic carbocycles. The van der Waals surface area contributed by atoms with Crippen molar-refractivity contribution in [2.45, 2.75) is 32.1 Å². The summed E-state index contributed by atoms with van der Waals surface area (Å²) in [5, 5.41) is 3.40. The summed E-state index contributed by atoms with van der Waals surface area (Å²) in [7, 11) is 2.07. The lowest BCUT2D eigenvalue weighted by Crippen LogP contribution is -2.35. The molecule has 6 heteroatoms. The zero-order valence-electron chi connectivity index (χ0n) is 13.7. The summed E-state index contributed by atoms with van der Waals surface area (Å²) in [5.74, 6) is 0.990. The van der Waals surface area contributed by atoms with E-state index in [4.69, 9.17) is 9.47 Å². The van der Waals surface area contributed by atoms with Crippen molar-refractivity contribution in [1.82, 2.24) is 10.2 Å². The van der Waals surface area contributed by atoms with E-state index in [1.807, 2.05) is 0 Å². The molecule has 1 saturated heterocycles. The summed E-state index contributed by atoms with van der Waals surface area (Å²) in [5.41, 5.74) is 2.49. The number of ether oxygens (including phenoxy) is 2. The average molecular weight is 431 g/mol. The molecule has 0 aromatic heterocycles. The maximum Gasteiger partial charge on any atom is 0.194 e. The van der Waals surface area contributed by atoms with Crippen LogP contribution >= 0.6 is 24.0 Å². The monoisotopic (exact) mass is 431 g/mol. The zero-order valence-corrected chi connectivity index (χ0v) is 16.0. The fraction of sp³-hybridized carbons (Fsp3) is 0.588. The van der Waals surface area contributed by atoms with E-state index in [0.29, 0.717) is 12.7 Å². The molecule has 1 N–H and O–H groups in total. The SMILES string of the molecule is CN1CCN=C1NCc1cccc(COC2CCOCC2)c1.I. The highest BCUT2D eigenvalue weighted by Crippen LogP contribution is 2.14. The van der Waals surface area contributed by atoms with Crippen molar-refractivity contribution in [1.29, 1.82) is 0 Å². The summed E-state index contributed by atoms with van der Waals surface area (Å²) in [6.45, 7) is 5.02. The van der Waals surface area contributed by atoms with Crippen LogP contribution in [0.5, 0.6) is 0 Å². The lowest BCUT2D eigenvalue weighted by Gasteiger charge is -2.22. The molecule has 0 spiro atoms. The molecule has 0 radical (unpaired) electrons. The van der Waals surface area contributed by atoms with Gasteiger partial charge in [0.1, 0.15) is 0 Å². The Morgan fingerprint density at radius 3 is 2.83 bits per heavy atom. The molecule has 0 unspecified atom stereocenters. The van der Waals surface area contributed by atoms with E-state index >= 15 is 0 Å². The second-order valence-corrected chi connectivity index (χ2v) is 5.92. The fourth-order valence-corrected chi connectivity index (χ4v) is 2.79. The number of halogens is 1. The summed E-state index contributed by atoms with van der Waals surface area (Å²) in [6.07, 6.45) is 2.36. The van der Waals surface area contributed by atoms with Crippen LogP contribution in [0.25, 0.3) is 0 Å². The van der Waals surface area contributed by atoms with Crippen molar-refractivity contribution < 1.29 is 9.47 Å². The number of rotatable bonds is 5. The Bertz CT molecular complexity index is 518. The van der Waals surface area contributed by atoms with Gasteiger partial charge in [0.2, 0.25) is 0 Å². The number of benzene rings is 1. The Balaban J connectivity index is 0.00000192. The van der Waals surface area contributed by atoms with Gasteiger partial charge in [-0.3, -0.25) is 4.99 Å². The molecule has 23 heavy (non-hydrogen) atoms. The predicted octanol–water partition coefficient (Wildman–Crippen LogP) is 2.39. The Morgan fingerprint density at radius 2 is 2.09 bits per heavy atom. The van der Waals surface area contributed by atoms with E-state index in [1.165, 1.54) is 11.1 Å². The number of guanidine groups is 1. The molecule has 1 aromatic carbocycles. The number of nitrogens with zero attached hydrogens (tertiary/aromatic N) is 2. The van der Waals surface area contributed by atoms with Crippen molar-refractivity contribution in [2.75, 3.05) is 33.4 Å². The van der Waals surface area contributed by atoms with Gasteiger partial charge in [-0.05, 0) is 24.0 Å². The number of hydrogen-bond donors (Lipinski definition) is 1. The molecule has 0 saturated carbocycles. The van der Waals surface area contributed by atoms with Crippen molar-refractivity contribution >= 4 is 29.9 Å². The quantitative estimate of drug-likeness (QED) is 0.728. The van der Waals surface area contributed by atoms with Crippen LogP contribution in [0.2, 0.25) is 0 Å². The van der Waals surface area contributed by atoms with Gasteiger partial charge in [-0.2, -0.15) is 0 Å². The standard InChI is InChI=1S/C17H25N3O2.HI/c1-20-8-7-18-17(20)19-12-14-3-2-4-15(11-14)13-22-16-5-9-21-10-6-16;/h2-4,11,16H,5-10,12-13H2,1H3,(H,18,19);1H. The molecule has 5 nitrogen and oxygen atoms in total. The highest BCUT2D eigenvalue weighted by Gasteiger charge is 2.14. The second-order valence-electron chi connectivity index (χ2n) is 5.92. The minimum Gasteiger partial charge on any atom is -0.381 e. The maximum absolute atomic E-state index is 5.99. The van der Waals surface area contributed by atoms with Gasteiger partial charge in [-0.1, -0.05) is 24.3 Å². The van der Waals surface area contributed by atoms with Crippen molar-refractivity contribution in [2.24, 2.45) is 4.99 Å². The smallest absolute Gasteiger partial charge is 0.194 e. The zero-order chi connectivity index (χ0) is 15.2. The lowest BCUT2D eigenvalue weighted by atomic mass is 10.1. The van der Waals surface area contributed by atoms with Gasteiger partial charge in [-0.15, -0.1) is 24.0 Å². The van der Waals surface area contributed by atoms with E-state index in [1.54, 1.807) is 0 Å². The first-order chi connectivity index (χ1) is 10.8. The third-order valence-corrected chi connectivity index (χ3v) is 4.15. The van der Waals surface area contributed by atoms with Crippen LogP contribution in [0.4, 0.5) is 0 Å². The minimum absolute atomic E-state index is 0.